The number of likely N-dealkylation sites (N-methyl/N-ethyl adjacent to an activating group) is 1. The van der Waals surface area contributed by atoms with Crippen molar-refractivity contribution in [1.82, 2.24) is 20.4 Å². The van der Waals surface area contributed by atoms with Crippen LogP contribution in [0.2, 0.25) is 0 Å². The fourth-order valence-electron chi connectivity index (χ4n) is 6.64. The summed E-state index contributed by atoms with van der Waals surface area (Å²) in [7, 11) is 6.03. The zero-order valence-electron chi connectivity index (χ0n) is 29.6. The molecule has 1 aromatic carbocycles. The van der Waals surface area contributed by atoms with Crippen LogP contribution in [0.3, 0.4) is 0 Å². The lowest BCUT2D eigenvalue weighted by atomic mass is 9.89. The molecule has 4 amide bonds. The first-order chi connectivity index (χ1) is 22.4. The largest absolute Gasteiger partial charge is 0.467 e. The van der Waals surface area contributed by atoms with Crippen molar-refractivity contribution >= 4 is 30.1 Å². The van der Waals surface area contributed by atoms with Crippen molar-refractivity contribution in [2.75, 3.05) is 34.9 Å². The Morgan fingerprint density at radius 3 is 2.23 bits per heavy atom. The minimum Gasteiger partial charge on any atom is -0.467 e. The molecule has 1 aliphatic rings. The van der Waals surface area contributed by atoms with E-state index in [1.807, 2.05) is 58.0 Å². The van der Waals surface area contributed by atoms with Crippen molar-refractivity contribution in [3.63, 3.8) is 0 Å². The standard InChI is InChI=1S/C35H56N4O8/c1-10-23(4)31(38(6)34(43)30(22(2)3)36-21-40)28(45-7)20-29(41)39-18-14-17-27(39)32(46-8)24(5)33(42)37-26(35(44)47-9)19-25-15-12-11-13-16-25/h11-13,15-16,21-24,26-28,30-32H,10,14,17-20H2,1-9H3,(H,36,40)(H,37,42)/t23-,24+,26-,27-,28+,30-,31-,32+/m0/s1. The molecule has 2 rings (SSSR count). The summed E-state index contributed by atoms with van der Waals surface area (Å²) in [6, 6.07) is 6.97. The lowest BCUT2D eigenvalue weighted by Gasteiger charge is -2.40. The van der Waals surface area contributed by atoms with Gasteiger partial charge >= 0.3 is 5.97 Å². The lowest BCUT2D eigenvalue weighted by molar-refractivity contribution is -0.148. The van der Waals surface area contributed by atoms with Crippen LogP contribution in [0.15, 0.2) is 30.3 Å². The smallest absolute Gasteiger partial charge is 0.328 e. The molecule has 0 aliphatic carbocycles. The summed E-state index contributed by atoms with van der Waals surface area (Å²) in [5.41, 5.74) is 0.877. The van der Waals surface area contributed by atoms with Gasteiger partial charge in [-0.2, -0.15) is 0 Å². The van der Waals surface area contributed by atoms with Crippen LogP contribution in [0.5, 0.6) is 0 Å². The molecule has 1 heterocycles. The van der Waals surface area contributed by atoms with Gasteiger partial charge in [-0.15, -0.1) is 0 Å². The fourth-order valence-corrected chi connectivity index (χ4v) is 6.64. The van der Waals surface area contributed by atoms with E-state index in [1.165, 1.54) is 21.3 Å². The van der Waals surface area contributed by atoms with Gasteiger partial charge in [0.2, 0.25) is 24.1 Å². The number of benzene rings is 1. The number of nitrogens with one attached hydrogen (secondary N) is 2. The number of rotatable bonds is 19. The SMILES string of the molecule is CC[C@H](C)[C@@H]([C@@H](CC(=O)N1CCC[C@H]1[C@H](OC)[C@@H](C)C(=O)N[C@@H](Cc1ccccc1)C(=O)OC)OC)N(C)C(=O)[C@@H](NC=O)C(C)C. The number of ether oxygens (including phenoxy) is 3. The first-order valence-corrected chi connectivity index (χ1v) is 16.6. The maximum atomic E-state index is 14.0. The molecule has 264 valence electrons. The van der Waals surface area contributed by atoms with E-state index >= 15 is 0 Å². The van der Waals surface area contributed by atoms with Crippen LogP contribution in [-0.4, -0.2) is 111 Å². The Bertz CT molecular complexity index is 1170. The number of likely N-dealkylation sites (tertiary alicyclic amines) is 1. The Morgan fingerprint density at radius 2 is 1.70 bits per heavy atom. The van der Waals surface area contributed by atoms with Gasteiger partial charge in [0.25, 0.3) is 0 Å². The second-order valence-electron chi connectivity index (χ2n) is 12.9. The molecule has 1 aliphatic heterocycles. The van der Waals surface area contributed by atoms with E-state index in [0.717, 1.165) is 18.4 Å². The van der Waals surface area contributed by atoms with Crippen molar-refractivity contribution in [3.05, 3.63) is 35.9 Å². The first-order valence-electron chi connectivity index (χ1n) is 16.6. The highest BCUT2D eigenvalue weighted by Gasteiger charge is 2.43. The molecule has 0 radical (unpaired) electrons. The molecule has 0 bridgehead atoms. The molecule has 0 unspecified atom stereocenters. The third-order valence-electron chi connectivity index (χ3n) is 9.52. The highest BCUT2D eigenvalue weighted by Crippen LogP contribution is 2.29. The monoisotopic (exact) mass is 660 g/mol. The number of amides is 4. The van der Waals surface area contributed by atoms with Gasteiger partial charge in [0.05, 0.1) is 43.7 Å². The highest BCUT2D eigenvalue weighted by molar-refractivity contribution is 5.86. The summed E-state index contributed by atoms with van der Waals surface area (Å²) in [4.78, 5) is 68.2. The number of hydrogen-bond donors (Lipinski definition) is 2. The number of esters is 1. The normalized spacial score (nSPS) is 19.1. The van der Waals surface area contributed by atoms with E-state index in [9.17, 15) is 24.0 Å². The summed E-state index contributed by atoms with van der Waals surface area (Å²) in [5, 5.41) is 5.48. The van der Waals surface area contributed by atoms with E-state index < -0.39 is 42.2 Å². The number of carbonyl (C=O) groups excluding carboxylic acids is 5. The van der Waals surface area contributed by atoms with Crippen LogP contribution >= 0.6 is 0 Å². The predicted molar refractivity (Wildman–Crippen MR) is 178 cm³/mol. The second kappa shape index (κ2) is 19.3. The summed E-state index contributed by atoms with van der Waals surface area (Å²) >= 11 is 0. The molecule has 2 N–H and O–H groups in total. The van der Waals surface area contributed by atoms with Gasteiger partial charge in [-0.3, -0.25) is 19.2 Å². The van der Waals surface area contributed by atoms with Gasteiger partial charge in [-0.05, 0) is 30.2 Å². The molecule has 1 fully saturated rings. The lowest BCUT2D eigenvalue weighted by Crippen LogP contribution is -2.57. The van der Waals surface area contributed by atoms with Crippen LogP contribution < -0.4 is 10.6 Å². The Morgan fingerprint density at radius 1 is 1.04 bits per heavy atom. The van der Waals surface area contributed by atoms with Gasteiger partial charge in [-0.25, -0.2) is 4.79 Å². The molecule has 1 aromatic rings. The third kappa shape index (κ3) is 10.5. The number of carbonyl (C=O) groups is 5. The van der Waals surface area contributed by atoms with Crippen molar-refractivity contribution in [2.24, 2.45) is 17.8 Å². The van der Waals surface area contributed by atoms with E-state index in [4.69, 9.17) is 14.2 Å². The molecule has 1 saturated heterocycles. The molecule has 0 aromatic heterocycles. The average Bonchev–Trinajstić information content (AvgIpc) is 3.55. The Labute approximate surface area is 280 Å². The summed E-state index contributed by atoms with van der Waals surface area (Å²) < 4.78 is 16.7. The van der Waals surface area contributed by atoms with E-state index in [-0.39, 0.29) is 48.4 Å². The predicted octanol–water partition coefficient (Wildman–Crippen LogP) is 2.58. The molecular weight excluding hydrogens is 604 g/mol. The third-order valence-corrected chi connectivity index (χ3v) is 9.52. The summed E-state index contributed by atoms with van der Waals surface area (Å²) in [5.74, 6) is -2.16. The molecular formula is C35H56N4O8. The second-order valence-corrected chi connectivity index (χ2v) is 12.9. The van der Waals surface area contributed by atoms with Crippen molar-refractivity contribution in [2.45, 2.75) is 103 Å². The van der Waals surface area contributed by atoms with Gasteiger partial charge in [0.1, 0.15) is 12.1 Å². The minimum atomic E-state index is -0.882. The Hall–Kier alpha value is -3.51. The first kappa shape index (κ1) is 39.7. The molecule has 8 atom stereocenters. The quantitative estimate of drug-likeness (QED) is 0.170. The Kier molecular flexibility index (Phi) is 16.3. The van der Waals surface area contributed by atoms with E-state index in [1.54, 1.807) is 23.8 Å². The van der Waals surface area contributed by atoms with Crippen LogP contribution in [0.25, 0.3) is 0 Å². The van der Waals surface area contributed by atoms with Crippen molar-refractivity contribution < 1.29 is 38.2 Å². The maximum absolute atomic E-state index is 14.0. The zero-order chi connectivity index (χ0) is 35.3. The summed E-state index contributed by atoms with van der Waals surface area (Å²) in [6.07, 6.45) is 1.70. The highest BCUT2D eigenvalue weighted by atomic mass is 16.5. The van der Waals surface area contributed by atoms with Crippen LogP contribution in [-0.2, 0) is 44.6 Å². The van der Waals surface area contributed by atoms with Crippen molar-refractivity contribution in [1.29, 1.82) is 0 Å². The topological polar surface area (TPSA) is 144 Å². The van der Waals surface area contributed by atoms with Crippen molar-refractivity contribution in [3.8, 4) is 0 Å². The zero-order valence-corrected chi connectivity index (χ0v) is 29.6. The number of methoxy groups -OCH3 is 3. The molecule has 12 nitrogen and oxygen atoms in total. The van der Waals surface area contributed by atoms with Crippen LogP contribution in [0.1, 0.15) is 65.9 Å². The maximum Gasteiger partial charge on any atom is 0.328 e. The Balaban J connectivity index is 2.24. The van der Waals surface area contributed by atoms with E-state index in [2.05, 4.69) is 10.6 Å². The molecule has 47 heavy (non-hydrogen) atoms. The van der Waals surface area contributed by atoms with Gasteiger partial charge in [0, 0.05) is 34.2 Å². The van der Waals surface area contributed by atoms with Gasteiger partial charge < -0.3 is 34.6 Å². The molecule has 0 saturated carbocycles. The fraction of sp³-hybridized carbons (Fsp3) is 0.686. The van der Waals surface area contributed by atoms with Gasteiger partial charge in [-0.1, -0.05) is 71.4 Å². The van der Waals surface area contributed by atoms with Gasteiger partial charge in [0.15, 0.2) is 0 Å². The van der Waals surface area contributed by atoms with Crippen LogP contribution in [0.4, 0.5) is 0 Å². The molecule has 12 heteroatoms. The minimum absolute atomic E-state index is 0.00537. The molecule has 0 spiro atoms. The summed E-state index contributed by atoms with van der Waals surface area (Å²) in [6.45, 7) is 9.99. The van der Waals surface area contributed by atoms with Crippen LogP contribution in [0, 0.1) is 17.8 Å². The average molecular weight is 661 g/mol. The number of nitrogens with zero attached hydrogens (tertiary/aromatic N) is 2. The number of hydrogen-bond acceptors (Lipinski definition) is 8. The van der Waals surface area contributed by atoms with E-state index in [0.29, 0.717) is 19.4 Å².